The molecule has 1 aromatic carbocycles. The fourth-order valence-electron chi connectivity index (χ4n) is 2.74. The minimum absolute atomic E-state index is 0.244. The Morgan fingerprint density at radius 3 is 2.70 bits per heavy atom. The monoisotopic (exact) mass is 400 g/mol. The van der Waals surface area contributed by atoms with E-state index in [4.69, 9.17) is 0 Å². The van der Waals surface area contributed by atoms with E-state index in [2.05, 4.69) is 9.82 Å². The largest absolute Gasteiger partial charge is 0.350 e. The molecule has 7 nitrogen and oxygen atoms in total. The summed E-state index contributed by atoms with van der Waals surface area (Å²) in [6.07, 6.45) is 1.66. The standard InChI is InChI=1S/C18H16N4O3S2/c1-13-8-9-17(26-13)27(24,25)20-15-6-4-5-14(11-15)12-22-18(23)21-10-3-2-7-16(21)19-22/h2-11,20H,12H2,1H3. The smallest absolute Gasteiger partial charge is 0.279 e. The number of hydrogen-bond donors (Lipinski definition) is 1. The van der Waals surface area contributed by atoms with Crippen molar-refractivity contribution in [1.29, 1.82) is 0 Å². The molecule has 9 heteroatoms. The molecular weight excluding hydrogens is 384 g/mol. The molecule has 0 aliphatic rings. The molecule has 4 rings (SSSR count). The lowest BCUT2D eigenvalue weighted by atomic mass is 10.2. The van der Waals surface area contributed by atoms with Crippen LogP contribution in [-0.2, 0) is 16.6 Å². The van der Waals surface area contributed by atoms with Gasteiger partial charge in [-0.3, -0.25) is 9.12 Å². The molecule has 0 saturated carbocycles. The second-order valence-corrected chi connectivity index (χ2v) is 9.24. The lowest BCUT2D eigenvalue weighted by molar-refractivity contribution is 0.603. The summed E-state index contributed by atoms with van der Waals surface area (Å²) in [7, 11) is -3.63. The first kappa shape index (κ1) is 17.5. The Morgan fingerprint density at radius 1 is 1.11 bits per heavy atom. The predicted molar refractivity (Wildman–Crippen MR) is 105 cm³/mol. The number of anilines is 1. The summed E-state index contributed by atoms with van der Waals surface area (Å²) in [6, 6.07) is 15.6. The van der Waals surface area contributed by atoms with Gasteiger partial charge in [-0.15, -0.1) is 16.4 Å². The van der Waals surface area contributed by atoms with Gasteiger partial charge in [0.2, 0.25) is 0 Å². The first-order valence-electron chi connectivity index (χ1n) is 8.15. The predicted octanol–water partition coefficient (Wildman–Crippen LogP) is 2.72. The van der Waals surface area contributed by atoms with Crippen LogP contribution < -0.4 is 10.4 Å². The third-order valence-corrected chi connectivity index (χ3v) is 6.85. The van der Waals surface area contributed by atoms with E-state index in [0.717, 1.165) is 10.4 Å². The first-order valence-corrected chi connectivity index (χ1v) is 10.4. The van der Waals surface area contributed by atoms with Crippen LogP contribution in [0.3, 0.4) is 0 Å². The van der Waals surface area contributed by atoms with Crippen molar-refractivity contribution in [3.05, 3.63) is 81.7 Å². The number of pyridine rings is 1. The van der Waals surface area contributed by atoms with Crippen molar-refractivity contribution in [2.45, 2.75) is 17.7 Å². The van der Waals surface area contributed by atoms with E-state index in [0.29, 0.717) is 11.3 Å². The molecule has 138 valence electrons. The molecule has 27 heavy (non-hydrogen) atoms. The number of nitrogens with one attached hydrogen (secondary N) is 1. The molecule has 0 aliphatic heterocycles. The van der Waals surface area contributed by atoms with E-state index in [9.17, 15) is 13.2 Å². The van der Waals surface area contributed by atoms with Crippen molar-refractivity contribution in [3.8, 4) is 0 Å². The average molecular weight is 400 g/mol. The molecule has 0 amide bonds. The Balaban J connectivity index is 1.61. The molecule has 0 aliphatic carbocycles. The zero-order valence-corrected chi connectivity index (χ0v) is 16.0. The highest BCUT2D eigenvalue weighted by molar-refractivity contribution is 7.94. The van der Waals surface area contributed by atoms with Crippen molar-refractivity contribution in [2.75, 3.05) is 4.72 Å². The van der Waals surface area contributed by atoms with Crippen LogP contribution in [0.4, 0.5) is 5.69 Å². The number of aromatic nitrogens is 3. The molecule has 0 saturated heterocycles. The summed E-state index contributed by atoms with van der Waals surface area (Å²) in [6.45, 7) is 2.10. The Labute approximate surface area is 159 Å². The number of nitrogens with zero attached hydrogens (tertiary/aromatic N) is 3. The van der Waals surface area contributed by atoms with Crippen molar-refractivity contribution in [3.63, 3.8) is 0 Å². The normalized spacial score (nSPS) is 11.7. The Kier molecular flexibility index (Phi) is 4.33. The number of fused-ring (bicyclic) bond motifs is 1. The molecule has 0 fully saturated rings. The Hall–Kier alpha value is -2.91. The molecule has 0 radical (unpaired) electrons. The van der Waals surface area contributed by atoms with Crippen molar-refractivity contribution in [2.24, 2.45) is 0 Å². The van der Waals surface area contributed by atoms with Gasteiger partial charge in [0, 0.05) is 16.8 Å². The number of rotatable bonds is 5. The van der Waals surface area contributed by atoms with Crippen LogP contribution in [0.25, 0.3) is 5.65 Å². The van der Waals surface area contributed by atoms with E-state index >= 15 is 0 Å². The van der Waals surface area contributed by atoms with Gasteiger partial charge in [0.05, 0.1) is 6.54 Å². The molecule has 0 bridgehead atoms. The second-order valence-electron chi connectivity index (χ2n) is 6.04. The summed E-state index contributed by atoms with van der Waals surface area (Å²) in [4.78, 5) is 13.3. The van der Waals surface area contributed by atoms with Crippen LogP contribution >= 0.6 is 11.3 Å². The van der Waals surface area contributed by atoms with E-state index < -0.39 is 10.0 Å². The molecule has 3 heterocycles. The quantitative estimate of drug-likeness (QED) is 0.558. The highest BCUT2D eigenvalue weighted by Gasteiger charge is 2.16. The van der Waals surface area contributed by atoms with Crippen LogP contribution in [0.1, 0.15) is 10.4 Å². The Morgan fingerprint density at radius 2 is 1.96 bits per heavy atom. The van der Waals surface area contributed by atoms with Crippen molar-refractivity contribution < 1.29 is 8.42 Å². The number of hydrogen-bond acceptors (Lipinski definition) is 5. The van der Waals surface area contributed by atoms with Gasteiger partial charge >= 0.3 is 5.69 Å². The van der Waals surface area contributed by atoms with Crippen LogP contribution in [0.2, 0.25) is 0 Å². The lowest BCUT2D eigenvalue weighted by Crippen LogP contribution is -2.21. The Bertz CT molecular complexity index is 1290. The van der Waals surface area contributed by atoms with Gasteiger partial charge in [0.25, 0.3) is 10.0 Å². The van der Waals surface area contributed by atoms with Crippen LogP contribution in [0.15, 0.2) is 69.8 Å². The number of thiophene rings is 1. The minimum Gasteiger partial charge on any atom is -0.279 e. The average Bonchev–Trinajstić information content (AvgIpc) is 3.20. The van der Waals surface area contributed by atoms with Crippen LogP contribution in [0.5, 0.6) is 0 Å². The van der Waals surface area contributed by atoms with Gasteiger partial charge in [0.1, 0.15) is 4.21 Å². The van der Waals surface area contributed by atoms with Gasteiger partial charge in [-0.05, 0) is 48.9 Å². The van der Waals surface area contributed by atoms with Crippen LogP contribution in [0, 0.1) is 6.92 Å². The van der Waals surface area contributed by atoms with E-state index in [-0.39, 0.29) is 16.4 Å². The maximum atomic E-state index is 12.5. The molecular formula is C18H16N4O3S2. The first-order chi connectivity index (χ1) is 12.9. The molecule has 0 atom stereocenters. The maximum Gasteiger partial charge on any atom is 0.350 e. The van der Waals surface area contributed by atoms with E-state index in [1.165, 1.54) is 20.4 Å². The molecule has 1 N–H and O–H groups in total. The summed E-state index contributed by atoms with van der Waals surface area (Å²) in [5.41, 5.74) is 1.52. The zero-order valence-electron chi connectivity index (χ0n) is 14.4. The summed E-state index contributed by atoms with van der Waals surface area (Å²) in [5.74, 6) is 0. The number of sulfonamides is 1. The van der Waals surface area contributed by atoms with Crippen molar-refractivity contribution in [1.82, 2.24) is 14.2 Å². The third kappa shape index (κ3) is 3.51. The molecule has 0 unspecified atom stereocenters. The maximum absolute atomic E-state index is 12.5. The summed E-state index contributed by atoms with van der Waals surface area (Å²) >= 11 is 1.22. The molecule has 3 aromatic heterocycles. The molecule has 4 aromatic rings. The highest BCUT2D eigenvalue weighted by Crippen LogP contribution is 2.23. The lowest BCUT2D eigenvalue weighted by Gasteiger charge is -2.08. The SMILES string of the molecule is Cc1ccc(S(=O)(=O)Nc2cccc(Cn3nc4ccccn4c3=O)c2)s1. The van der Waals surface area contributed by atoms with Gasteiger partial charge in [-0.1, -0.05) is 18.2 Å². The van der Waals surface area contributed by atoms with Crippen molar-refractivity contribution >= 4 is 32.7 Å². The third-order valence-electron chi connectivity index (χ3n) is 3.98. The second kappa shape index (κ2) is 6.67. The van der Waals surface area contributed by atoms with Gasteiger partial charge in [-0.25, -0.2) is 17.9 Å². The zero-order chi connectivity index (χ0) is 19.0. The fraction of sp³-hybridized carbons (Fsp3) is 0.111. The van der Waals surface area contributed by atoms with Gasteiger partial charge < -0.3 is 0 Å². The minimum atomic E-state index is -3.63. The van der Waals surface area contributed by atoms with Gasteiger partial charge in [0.15, 0.2) is 5.65 Å². The summed E-state index contributed by atoms with van der Waals surface area (Å²) < 4.78 is 30.6. The van der Waals surface area contributed by atoms with E-state index in [1.54, 1.807) is 48.7 Å². The number of aryl methyl sites for hydroxylation is 1. The van der Waals surface area contributed by atoms with Crippen LogP contribution in [-0.4, -0.2) is 22.6 Å². The summed E-state index contributed by atoms with van der Waals surface area (Å²) in [5, 5.41) is 4.29. The van der Waals surface area contributed by atoms with E-state index in [1.807, 2.05) is 19.1 Å². The number of benzene rings is 1. The molecule has 0 spiro atoms. The fourth-order valence-corrected chi connectivity index (χ4v) is 5.07. The topological polar surface area (TPSA) is 85.5 Å². The highest BCUT2D eigenvalue weighted by atomic mass is 32.2. The van der Waals surface area contributed by atoms with Gasteiger partial charge in [-0.2, -0.15) is 0 Å².